The Morgan fingerprint density at radius 2 is 0.359 bits per heavy atom. The SMILES string of the molecule is c1ccc(-c2ccc(-c3nc(-c4ccccc4)nc4c3ccc3nc(-c5ccccc5)ncc34)cc2)cc1.c1ccc(-c2ncc3c(ccc4c(-c5ccc6ccccc6c5)nc(-c5ccccc5)nc43)n2)cc1.c1ccc(-c2ncc3c(ccc4c(-c5cccc6ccccc56)nc(-c5ccccc5)nc43)n2)cc1.c1ccc(-c2ncc3c(ccc4c(-c5ccccc5)nc(-c5ccccc5)nc43)n2)cc1. The standard InChI is InChI=1S/C34H22N4.2C32H20N4.C28H18N4/c1-4-10-23(11-5-1)24-16-18-25(19-17-24)31-28-20-21-30-29(22-35-33(36-30)26-12-6-2-7-13-26)32(28)38-34(37-31)27-14-8-3-9-15-27;1-3-11-22(12-4-1)31-33-20-27-28(34-31)19-18-26-29(25-17-9-15-21-10-7-8-16-24(21)25)35-32(36-30(26)27)23-13-5-2-6-14-23;1-3-10-22(11-4-1)31-33-20-27-28(34-31)18-17-26-29(25-16-15-21-9-7-8-14-24(21)19-25)35-32(36-30(26)27)23-12-5-2-6-13-23;1-4-10-19(11-5-1)25-22-16-17-24-23(18-29-27(30-24)20-12-6-2-7-13-20)26(22)32-28(31-25)21-14-8-3-9-15-21/h1-22H;2*1-20H;1-18H. The van der Waals surface area contributed by atoms with Gasteiger partial charge in [-0.25, -0.2) is 79.7 Å². The van der Waals surface area contributed by atoms with E-state index in [-0.39, 0.29) is 0 Å². The highest BCUT2D eigenvalue weighted by Gasteiger charge is 2.23. The maximum Gasteiger partial charge on any atom is 0.160 e. The Bertz CT molecular complexity index is 9350. The van der Waals surface area contributed by atoms with Gasteiger partial charge in [0.05, 0.1) is 66.9 Å². The molecule has 0 aliphatic heterocycles. The van der Waals surface area contributed by atoms with E-state index in [1.54, 1.807) is 0 Å². The number of hydrogen-bond donors (Lipinski definition) is 0. The van der Waals surface area contributed by atoms with Crippen LogP contribution >= 0.6 is 0 Å². The van der Waals surface area contributed by atoms with Crippen LogP contribution < -0.4 is 0 Å². The molecule has 19 aromatic carbocycles. The molecule has 27 rings (SSSR count). The molecule has 0 N–H and O–H groups in total. The van der Waals surface area contributed by atoms with Crippen LogP contribution in [0.3, 0.4) is 0 Å². The molecule has 8 heterocycles. The zero-order chi connectivity index (χ0) is 94.4. The molecule has 0 spiro atoms. The lowest BCUT2D eigenvalue weighted by molar-refractivity contribution is 1.21. The molecule has 8 aromatic heterocycles. The Labute approximate surface area is 816 Å². The lowest BCUT2D eigenvalue weighted by Gasteiger charge is -2.13. The molecule has 0 radical (unpaired) electrons. The molecule has 16 heteroatoms. The van der Waals surface area contributed by atoms with E-state index >= 15 is 0 Å². The summed E-state index contributed by atoms with van der Waals surface area (Å²) in [6.45, 7) is 0. The maximum absolute atomic E-state index is 5.11. The Hall–Kier alpha value is -19.6. The minimum Gasteiger partial charge on any atom is -0.236 e. The third-order valence-corrected chi connectivity index (χ3v) is 25.3. The number of fused-ring (bicyclic) bond motifs is 14. The van der Waals surface area contributed by atoms with E-state index in [2.05, 4.69) is 175 Å². The molecular weight excluding hydrogens is 1740 g/mol. The second-order valence-corrected chi connectivity index (χ2v) is 34.3. The van der Waals surface area contributed by atoms with Crippen molar-refractivity contribution in [1.82, 2.24) is 79.7 Å². The van der Waals surface area contributed by atoms with Crippen LogP contribution in [0.5, 0.6) is 0 Å². The first-order chi connectivity index (χ1) is 70.4. The molecule has 16 nitrogen and oxygen atoms in total. The summed E-state index contributed by atoms with van der Waals surface area (Å²) in [5, 5.41) is 12.3. The second-order valence-electron chi connectivity index (χ2n) is 34.3. The average molecular weight is 1820 g/mol. The highest BCUT2D eigenvalue weighted by atomic mass is 15.0. The van der Waals surface area contributed by atoms with Crippen LogP contribution in [0.1, 0.15) is 0 Å². The fourth-order valence-corrected chi connectivity index (χ4v) is 18.2. The van der Waals surface area contributed by atoms with Crippen molar-refractivity contribution in [3.8, 4) is 147 Å². The van der Waals surface area contributed by atoms with Gasteiger partial charge in [0.25, 0.3) is 0 Å². The largest absolute Gasteiger partial charge is 0.236 e. The van der Waals surface area contributed by atoms with E-state index in [9.17, 15) is 0 Å². The van der Waals surface area contributed by atoms with Crippen LogP contribution in [-0.4, -0.2) is 79.7 Å². The Morgan fingerprint density at radius 3 is 0.704 bits per heavy atom. The van der Waals surface area contributed by atoms with Crippen molar-refractivity contribution in [2.75, 3.05) is 0 Å². The highest BCUT2D eigenvalue weighted by Crippen LogP contribution is 2.42. The predicted molar refractivity (Wildman–Crippen MR) is 576 cm³/mol. The highest BCUT2D eigenvalue weighted by molar-refractivity contribution is 6.14. The van der Waals surface area contributed by atoms with Gasteiger partial charge in [-0.2, -0.15) is 0 Å². The molecule has 0 bridgehead atoms. The van der Waals surface area contributed by atoms with Gasteiger partial charge < -0.3 is 0 Å². The van der Waals surface area contributed by atoms with Gasteiger partial charge in [0.15, 0.2) is 46.6 Å². The van der Waals surface area contributed by atoms with Crippen molar-refractivity contribution in [1.29, 1.82) is 0 Å². The van der Waals surface area contributed by atoms with E-state index in [0.29, 0.717) is 46.6 Å². The lowest BCUT2D eigenvalue weighted by atomic mass is 9.98. The molecular formula is C126H80N16. The first kappa shape index (κ1) is 85.3. The third-order valence-electron chi connectivity index (χ3n) is 25.3. The maximum atomic E-state index is 5.11. The van der Waals surface area contributed by atoms with Crippen LogP contribution in [0.25, 0.3) is 256 Å². The molecule has 0 fully saturated rings. The first-order valence-corrected chi connectivity index (χ1v) is 46.9. The zero-order valence-corrected chi connectivity index (χ0v) is 76.3. The van der Waals surface area contributed by atoms with Crippen LogP contribution in [0.4, 0.5) is 0 Å². The summed E-state index contributed by atoms with van der Waals surface area (Å²) in [7, 11) is 0. The van der Waals surface area contributed by atoms with Gasteiger partial charge in [-0.05, 0) is 87.3 Å². The van der Waals surface area contributed by atoms with Crippen LogP contribution in [-0.2, 0) is 0 Å². The molecule has 0 atom stereocenters. The van der Waals surface area contributed by atoms with Crippen molar-refractivity contribution < 1.29 is 0 Å². The molecule has 27 aromatic rings. The van der Waals surface area contributed by atoms with E-state index in [1.807, 2.05) is 316 Å². The van der Waals surface area contributed by atoms with Crippen molar-refractivity contribution in [2.45, 2.75) is 0 Å². The number of aromatic nitrogens is 16. The normalized spacial score (nSPS) is 11.2. The molecule has 0 amide bonds. The van der Waals surface area contributed by atoms with Gasteiger partial charge in [0.1, 0.15) is 0 Å². The van der Waals surface area contributed by atoms with Crippen molar-refractivity contribution in [3.05, 3.63) is 486 Å². The Kier molecular flexibility index (Phi) is 23.0. The van der Waals surface area contributed by atoms with E-state index in [4.69, 9.17) is 74.8 Å². The van der Waals surface area contributed by atoms with Crippen molar-refractivity contribution >= 4 is 109 Å². The number of nitrogens with zero attached hydrogens (tertiary/aromatic N) is 16. The van der Waals surface area contributed by atoms with Gasteiger partial charge in [-0.15, -0.1) is 0 Å². The van der Waals surface area contributed by atoms with Gasteiger partial charge >= 0.3 is 0 Å². The topological polar surface area (TPSA) is 206 Å². The molecule has 142 heavy (non-hydrogen) atoms. The minimum atomic E-state index is 0.680. The van der Waals surface area contributed by atoms with E-state index < -0.39 is 0 Å². The van der Waals surface area contributed by atoms with Gasteiger partial charge in [0.2, 0.25) is 0 Å². The van der Waals surface area contributed by atoms with Gasteiger partial charge in [-0.1, -0.05) is 406 Å². The summed E-state index contributed by atoms with van der Waals surface area (Å²) >= 11 is 0. The number of benzene rings is 19. The summed E-state index contributed by atoms with van der Waals surface area (Å²) in [5.41, 5.74) is 24.9. The molecule has 664 valence electrons. The van der Waals surface area contributed by atoms with Gasteiger partial charge in [0, 0.05) is 135 Å². The van der Waals surface area contributed by atoms with Crippen molar-refractivity contribution in [2.24, 2.45) is 0 Å². The summed E-state index contributed by atoms with van der Waals surface area (Å²) in [4.78, 5) is 78.5. The van der Waals surface area contributed by atoms with Crippen molar-refractivity contribution in [3.63, 3.8) is 0 Å². The molecule has 0 aliphatic rings. The Morgan fingerprint density at radius 1 is 0.120 bits per heavy atom. The molecule has 0 unspecified atom stereocenters. The second kappa shape index (κ2) is 38.3. The number of rotatable bonds is 13. The number of hydrogen-bond acceptors (Lipinski definition) is 16. The van der Waals surface area contributed by atoms with Crippen LogP contribution in [0, 0.1) is 0 Å². The molecule has 0 aliphatic carbocycles. The molecule has 0 saturated heterocycles. The molecule has 0 saturated carbocycles. The summed E-state index contributed by atoms with van der Waals surface area (Å²) in [6, 6.07) is 156. The van der Waals surface area contributed by atoms with Crippen LogP contribution in [0.15, 0.2) is 486 Å². The third kappa shape index (κ3) is 17.3. The van der Waals surface area contributed by atoms with E-state index in [0.717, 1.165) is 182 Å². The first-order valence-electron chi connectivity index (χ1n) is 46.9. The smallest absolute Gasteiger partial charge is 0.160 e. The summed E-state index contributed by atoms with van der Waals surface area (Å²) in [6.07, 6.45) is 7.54. The Balaban J connectivity index is 0.000000102. The van der Waals surface area contributed by atoms with E-state index in [1.165, 1.54) is 27.3 Å². The lowest BCUT2D eigenvalue weighted by Crippen LogP contribution is -1.98. The fourth-order valence-electron chi connectivity index (χ4n) is 18.2. The van der Waals surface area contributed by atoms with Gasteiger partial charge in [-0.3, -0.25) is 0 Å². The minimum absolute atomic E-state index is 0.680. The fraction of sp³-hybridized carbons (Fsp3) is 0. The average Bonchev–Trinajstić information content (AvgIpc) is 0.767. The quantitative estimate of drug-likeness (QED) is 0.0984. The monoisotopic (exact) mass is 1820 g/mol. The zero-order valence-electron chi connectivity index (χ0n) is 76.3. The summed E-state index contributed by atoms with van der Waals surface area (Å²) in [5.74, 6) is 5.56. The van der Waals surface area contributed by atoms with Crippen LogP contribution in [0.2, 0.25) is 0 Å². The predicted octanol–water partition coefficient (Wildman–Crippen LogP) is 30.3. The summed E-state index contributed by atoms with van der Waals surface area (Å²) < 4.78 is 0.